The van der Waals surface area contributed by atoms with Crippen molar-refractivity contribution < 1.29 is 19.1 Å². The Kier molecular flexibility index (Phi) is 6.15. The minimum atomic E-state index is -0.124. The fourth-order valence-electron chi connectivity index (χ4n) is 3.41. The van der Waals surface area contributed by atoms with Gasteiger partial charge in [-0.25, -0.2) is 4.98 Å². The van der Waals surface area contributed by atoms with E-state index in [1.807, 2.05) is 11.4 Å². The van der Waals surface area contributed by atoms with Crippen molar-refractivity contribution in [3.63, 3.8) is 0 Å². The monoisotopic (exact) mass is 451 g/mol. The zero-order valence-electron chi connectivity index (χ0n) is 17.4. The van der Waals surface area contributed by atoms with E-state index in [-0.39, 0.29) is 24.4 Å². The molecule has 0 atom stereocenters. The summed E-state index contributed by atoms with van der Waals surface area (Å²) >= 11 is 3.01. The summed E-state index contributed by atoms with van der Waals surface area (Å²) in [5.41, 5.74) is 3.57. The molecule has 7 heteroatoms. The Bertz CT molecular complexity index is 1270. The van der Waals surface area contributed by atoms with E-state index in [4.69, 9.17) is 9.47 Å². The molecule has 158 valence electrons. The van der Waals surface area contributed by atoms with Crippen molar-refractivity contribution in [1.82, 2.24) is 4.98 Å². The van der Waals surface area contributed by atoms with Crippen LogP contribution in [0.5, 0.6) is 11.5 Å². The molecule has 0 aliphatic rings. The summed E-state index contributed by atoms with van der Waals surface area (Å²) in [4.78, 5) is 29.8. The van der Waals surface area contributed by atoms with Crippen molar-refractivity contribution in [3.05, 3.63) is 63.3 Å². The van der Waals surface area contributed by atoms with Crippen molar-refractivity contribution in [2.24, 2.45) is 0 Å². The van der Waals surface area contributed by atoms with Gasteiger partial charge in [0.25, 0.3) is 0 Å². The van der Waals surface area contributed by atoms with Crippen LogP contribution in [-0.4, -0.2) is 30.8 Å². The Balaban J connectivity index is 1.46. The maximum atomic E-state index is 12.7. The highest BCUT2D eigenvalue weighted by Gasteiger charge is 2.17. The van der Waals surface area contributed by atoms with E-state index in [1.54, 1.807) is 36.6 Å². The standard InChI is InChI=1S/C24H21NO4S2/c1-14-5-4-6-16-17(12-30-23(14)16)18-13-31-24(25-18)20(27)9-8-19(26)15-7-10-21(28-2)22(11-15)29-3/h4-7,10-13H,8-9H2,1-3H3. The smallest absolute Gasteiger partial charge is 0.191 e. The van der Waals surface area contributed by atoms with Gasteiger partial charge in [0.1, 0.15) is 0 Å². The summed E-state index contributed by atoms with van der Waals surface area (Å²) in [6.45, 7) is 2.09. The first-order chi connectivity index (χ1) is 15.0. The van der Waals surface area contributed by atoms with Crippen LogP contribution in [0, 0.1) is 6.92 Å². The van der Waals surface area contributed by atoms with Crippen molar-refractivity contribution in [2.45, 2.75) is 19.8 Å². The van der Waals surface area contributed by atoms with E-state index in [0.29, 0.717) is 22.1 Å². The Morgan fingerprint density at radius 3 is 2.48 bits per heavy atom. The lowest BCUT2D eigenvalue weighted by Gasteiger charge is -2.08. The number of nitrogens with zero attached hydrogens (tertiary/aromatic N) is 1. The molecule has 0 N–H and O–H groups in total. The van der Waals surface area contributed by atoms with E-state index < -0.39 is 0 Å². The van der Waals surface area contributed by atoms with Gasteiger partial charge in [-0.2, -0.15) is 0 Å². The minimum Gasteiger partial charge on any atom is -0.493 e. The quantitative estimate of drug-likeness (QED) is 0.299. The first-order valence-electron chi connectivity index (χ1n) is 9.73. The first-order valence-corrected chi connectivity index (χ1v) is 11.5. The molecular weight excluding hydrogens is 430 g/mol. The van der Waals surface area contributed by atoms with E-state index in [9.17, 15) is 9.59 Å². The number of carbonyl (C=O) groups is 2. The van der Waals surface area contributed by atoms with E-state index >= 15 is 0 Å². The lowest BCUT2D eigenvalue weighted by atomic mass is 10.0. The molecule has 0 saturated carbocycles. The second-order valence-electron chi connectivity index (χ2n) is 7.05. The second-order valence-corrected chi connectivity index (χ2v) is 8.79. The SMILES string of the molecule is COc1ccc(C(=O)CCC(=O)c2nc(-c3csc4c(C)cccc34)cs2)cc1OC. The van der Waals surface area contributed by atoms with Gasteiger partial charge in [0.05, 0.1) is 19.9 Å². The largest absolute Gasteiger partial charge is 0.493 e. The molecule has 0 radical (unpaired) electrons. The molecule has 2 aromatic heterocycles. The van der Waals surface area contributed by atoms with Gasteiger partial charge in [0, 0.05) is 44.8 Å². The van der Waals surface area contributed by atoms with E-state index in [0.717, 1.165) is 16.6 Å². The molecule has 2 aromatic carbocycles. The number of Topliss-reactive ketones (excluding diaryl/α,β-unsaturated/α-hetero) is 2. The summed E-state index contributed by atoms with van der Waals surface area (Å²) in [6, 6.07) is 11.2. The average molecular weight is 452 g/mol. The predicted octanol–water partition coefficient (Wildman–Crippen LogP) is 6.20. The number of hydrogen-bond donors (Lipinski definition) is 0. The number of methoxy groups -OCH3 is 2. The van der Waals surface area contributed by atoms with Crippen LogP contribution in [0.25, 0.3) is 21.3 Å². The van der Waals surface area contributed by atoms with Crippen molar-refractivity contribution in [1.29, 1.82) is 0 Å². The molecule has 0 spiro atoms. The molecule has 0 unspecified atom stereocenters. The van der Waals surface area contributed by atoms with Gasteiger partial charge in [-0.3, -0.25) is 9.59 Å². The molecule has 0 aliphatic heterocycles. The maximum absolute atomic E-state index is 12.7. The topological polar surface area (TPSA) is 65.5 Å². The molecule has 4 aromatic rings. The average Bonchev–Trinajstić information content (AvgIpc) is 3.44. The van der Waals surface area contributed by atoms with Gasteiger partial charge in [0.15, 0.2) is 28.1 Å². The molecule has 0 aliphatic carbocycles. The highest BCUT2D eigenvalue weighted by molar-refractivity contribution is 7.18. The Morgan fingerprint density at radius 1 is 0.935 bits per heavy atom. The molecule has 5 nitrogen and oxygen atoms in total. The highest BCUT2D eigenvalue weighted by atomic mass is 32.1. The van der Waals surface area contributed by atoms with Gasteiger partial charge in [-0.05, 0) is 30.7 Å². The molecule has 0 saturated heterocycles. The number of ether oxygens (including phenoxy) is 2. The number of thiophene rings is 1. The van der Waals surface area contributed by atoms with Crippen LogP contribution in [0.4, 0.5) is 0 Å². The summed E-state index contributed by atoms with van der Waals surface area (Å²) < 4.78 is 11.7. The Labute approximate surface area is 188 Å². The van der Waals surface area contributed by atoms with Crippen LogP contribution in [0.2, 0.25) is 0 Å². The number of hydrogen-bond acceptors (Lipinski definition) is 7. The summed E-state index contributed by atoms with van der Waals surface area (Å²) in [5.74, 6) is 0.801. The summed E-state index contributed by atoms with van der Waals surface area (Å²) in [6.07, 6.45) is 0.230. The first kappa shape index (κ1) is 21.2. The van der Waals surface area contributed by atoms with Gasteiger partial charge >= 0.3 is 0 Å². The zero-order chi connectivity index (χ0) is 22.0. The van der Waals surface area contributed by atoms with Crippen LogP contribution in [-0.2, 0) is 0 Å². The normalized spacial score (nSPS) is 10.9. The lowest BCUT2D eigenvalue weighted by molar-refractivity contribution is 0.0917. The number of thiazole rings is 1. The van der Waals surface area contributed by atoms with Gasteiger partial charge in [0.2, 0.25) is 0 Å². The van der Waals surface area contributed by atoms with E-state index in [2.05, 4.69) is 29.4 Å². The Morgan fingerprint density at radius 2 is 1.71 bits per heavy atom. The van der Waals surface area contributed by atoms with Crippen LogP contribution in [0.3, 0.4) is 0 Å². The molecule has 0 amide bonds. The minimum absolute atomic E-state index is 0.115. The second kappa shape index (κ2) is 8.99. The fourth-order valence-corrected chi connectivity index (χ4v) is 5.24. The third kappa shape index (κ3) is 4.24. The fraction of sp³-hybridized carbons (Fsp3) is 0.208. The number of rotatable bonds is 8. The zero-order valence-corrected chi connectivity index (χ0v) is 19.1. The number of aryl methyl sites for hydroxylation is 1. The molecule has 31 heavy (non-hydrogen) atoms. The third-order valence-electron chi connectivity index (χ3n) is 5.10. The van der Waals surface area contributed by atoms with Gasteiger partial charge < -0.3 is 9.47 Å². The van der Waals surface area contributed by atoms with Crippen LogP contribution < -0.4 is 9.47 Å². The predicted molar refractivity (Wildman–Crippen MR) is 125 cm³/mol. The molecule has 0 bridgehead atoms. The summed E-state index contributed by atoms with van der Waals surface area (Å²) in [5, 5.41) is 5.58. The molecule has 2 heterocycles. The Hall–Kier alpha value is -3.03. The number of carbonyl (C=O) groups excluding carboxylic acids is 2. The highest BCUT2D eigenvalue weighted by Crippen LogP contribution is 2.36. The van der Waals surface area contributed by atoms with Gasteiger partial charge in [-0.15, -0.1) is 22.7 Å². The van der Waals surface area contributed by atoms with Crippen molar-refractivity contribution in [3.8, 4) is 22.8 Å². The van der Waals surface area contributed by atoms with Crippen LogP contribution in [0.1, 0.15) is 38.6 Å². The van der Waals surface area contributed by atoms with Crippen molar-refractivity contribution >= 4 is 44.3 Å². The van der Waals surface area contributed by atoms with Crippen LogP contribution >= 0.6 is 22.7 Å². The number of ketones is 2. The van der Waals surface area contributed by atoms with Gasteiger partial charge in [-0.1, -0.05) is 18.2 Å². The molecule has 0 fully saturated rings. The van der Waals surface area contributed by atoms with E-state index in [1.165, 1.54) is 28.7 Å². The number of fused-ring (bicyclic) bond motifs is 1. The maximum Gasteiger partial charge on any atom is 0.191 e. The summed E-state index contributed by atoms with van der Waals surface area (Å²) in [7, 11) is 3.06. The number of benzene rings is 2. The van der Waals surface area contributed by atoms with Crippen LogP contribution in [0.15, 0.2) is 47.2 Å². The third-order valence-corrected chi connectivity index (χ3v) is 7.11. The number of aromatic nitrogens is 1. The molecular formula is C24H21NO4S2. The lowest BCUT2D eigenvalue weighted by Crippen LogP contribution is -2.05. The van der Waals surface area contributed by atoms with Crippen molar-refractivity contribution in [2.75, 3.05) is 14.2 Å². The molecule has 4 rings (SSSR count).